The Balaban J connectivity index is 0.932. The summed E-state index contributed by atoms with van der Waals surface area (Å²) in [6.07, 6.45) is 10.1. The lowest BCUT2D eigenvalue weighted by atomic mass is 9.85. The Morgan fingerprint density at radius 2 is 1.87 bits per heavy atom. The number of carbonyl (C=O) groups is 2. The standard InChI is InChI=1S/C40H47N9O3/c1-26(2)52-35-12-7-30(22-44-35)37(42)33-21-32(10-11-34(33)41)49-20-16-40(39(49)51)15-19-47(24-40)23-36(50)48-17-13-28(14-18-48)27-3-5-29(6-4-27)38(43)46-25-45-31-8-9-31/h3-7,10-13,21-22,25-26,31,42H,8-9,14-20,23-24,41H2,1-2H3,(H2,43,45,46)/p+2/t40-/m0/s1. The van der Waals surface area contributed by atoms with Gasteiger partial charge in [0.1, 0.15) is 0 Å². The summed E-state index contributed by atoms with van der Waals surface area (Å²) in [6.45, 7) is 7.32. The topological polar surface area (TPSA) is 170 Å². The maximum atomic E-state index is 14.0. The van der Waals surface area contributed by atoms with Gasteiger partial charge in [-0.15, -0.1) is 0 Å². The number of nitrogen functional groups attached to an aromatic ring is 1. The molecule has 1 spiro atoms. The van der Waals surface area contributed by atoms with E-state index < -0.39 is 5.41 Å². The number of hydrogen-bond donors (Lipinski definition) is 4. The quantitative estimate of drug-likeness (QED) is 0.130. The first-order valence-corrected chi connectivity index (χ1v) is 18.3. The van der Waals surface area contributed by atoms with Crippen LogP contribution in [-0.2, 0) is 9.59 Å². The Bertz CT molecular complexity index is 1930. The highest BCUT2D eigenvalue weighted by Gasteiger charge is 2.51. The lowest BCUT2D eigenvalue weighted by molar-refractivity contribution is -0.468. The highest BCUT2D eigenvalue weighted by atomic mass is 16.5. The minimum absolute atomic E-state index is 0.0161. The average Bonchev–Trinajstić information content (AvgIpc) is 3.81. The Morgan fingerprint density at radius 3 is 2.56 bits per heavy atom. The van der Waals surface area contributed by atoms with Crippen molar-refractivity contribution < 1.29 is 24.7 Å². The average molecular weight is 704 g/mol. The minimum Gasteiger partial charge on any atom is -0.475 e. The van der Waals surface area contributed by atoms with Crippen LogP contribution in [0.4, 0.5) is 11.4 Å². The number of nitrogens with two attached hydrogens (primary N) is 3. The van der Waals surface area contributed by atoms with Crippen LogP contribution in [0, 0.1) is 5.41 Å². The molecule has 1 saturated carbocycles. The van der Waals surface area contributed by atoms with Crippen LogP contribution in [0.2, 0.25) is 0 Å². The summed E-state index contributed by atoms with van der Waals surface area (Å²) in [4.78, 5) is 45.3. The van der Waals surface area contributed by atoms with Crippen LogP contribution in [0.1, 0.15) is 68.2 Å². The molecule has 12 heteroatoms. The monoisotopic (exact) mass is 703 g/mol. The number of anilines is 2. The minimum atomic E-state index is -0.506. The van der Waals surface area contributed by atoms with Gasteiger partial charge in [0.2, 0.25) is 29.2 Å². The molecule has 2 saturated heterocycles. The number of likely N-dealkylation sites (tertiary alicyclic amines) is 1. The van der Waals surface area contributed by atoms with Crippen molar-refractivity contribution in [3.05, 3.63) is 89.1 Å². The summed E-state index contributed by atoms with van der Waals surface area (Å²) < 4.78 is 5.66. The first-order valence-electron chi connectivity index (χ1n) is 18.3. The van der Waals surface area contributed by atoms with Gasteiger partial charge in [0.05, 0.1) is 35.2 Å². The lowest BCUT2D eigenvalue weighted by Crippen LogP contribution is -2.70. The van der Waals surface area contributed by atoms with E-state index in [0.717, 1.165) is 41.6 Å². The molecule has 2 amide bonds. The molecule has 12 nitrogen and oxygen atoms in total. The van der Waals surface area contributed by atoms with Gasteiger partial charge >= 0.3 is 0 Å². The predicted molar refractivity (Wildman–Crippen MR) is 203 cm³/mol. The van der Waals surface area contributed by atoms with Gasteiger partial charge in [-0.2, -0.15) is 0 Å². The highest BCUT2D eigenvalue weighted by molar-refractivity contribution is 6.13. The second kappa shape index (κ2) is 14.7. The molecular weight excluding hydrogens is 654 g/mol. The van der Waals surface area contributed by atoms with Gasteiger partial charge in [-0.25, -0.2) is 4.98 Å². The number of hydrogen-bond acceptors (Lipinski definition) is 6. The van der Waals surface area contributed by atoms with E-state index >= 15 is 0 Å². The maximum Gasteiger partial charge on any atom is 0.282 e. The molecule has 3 aliphatic heterocycles. The number of amides is 2. The van der Waals surface area contributed by atoms with Gasteiger partial charge in [0.15, 0.2) is 0 Å². The predicted octanol–water partition coefficient (Wildman–Crippen LogP) is 0.769. The Kier molecular flexibility index (Phi) is 9.92. The van der Waals surface area contributed by atoms with E-state index in [9.17, 15) is 9.59 Å². The van der Waals surface area contributed by atoms with Gasteiger partial charge in [0.25, 0.3) is 6.34 Å². The van der Waals surface area contributed by atoms with Crippen molar-refractivity contribution >= 4 is 46.6 Å². The van der Waals surface area contributed by atoms with Crippen molar-refractivity contribution in [1.29, 1.82) is 0 Å². The Morgan fingerprint density at radius 1 is 1.10 bits per heavy atom. The molecular formula is C40H49N9O3+2. The second-order valence-corrected chi connectivity index (χ2v) is 14.7. The molecule has 0 unspecified atom stereocenters. The molecule has 4 aliphatic rings. The zero-order valence-corrected chi connectivity index (χ0v) is 30.1. The number of nitrogens with zero attached hydrogens (tertiary/aromatic N) is 5. The van der Waals surface area contributed by atoms with E-state index in [2.05, 4.69) is 38.1 Å². The number of rotatable bonds is 11. The van der Waals surface area contributed by atoms with Crippen molar-refractivity contribution in [2.75, 3.05) is 49.9 Å². The van der Waals surface area contributed by atoms with E-state index in [-0.39, 0.29) is 17.9 Å². The molecule has 0 radical (unpaired) electrons. The molecule has 1 aliphatic carbocycles. The molecule has 52 heavy (non-hydrogen) atoms. The second-order valence-electron chi connectivity index (χ2n) is 14.7. The number of ether oxygens (including phenoxy) is 1. The zero-order chi connectivity index (χ0) is 36.4. The summed E-state index contributed by atoms with van der Waals surface area (Å²) in [5.74, 6) is 1.19. The molecule has 4 heterocycles. The van der Waals surface area contributed by atoms with Crippen LogP contribution in [0.3, 0.4) is 0 Å². The molecule has 1 aromatic heterocycles. The van der Waals surface area contributed by atoms with Gasteiger partial charge in [-0.1, -0.05) is 18.2 Å². The first-order chi connectivity index (χ1) is 25.1. The molecule has 3 fully saturated rings. The smallest absolute Gasteiger partial charge is 0.282 e. The van der Waals surface area contributed by atoms with Crippen molar-refractivity contribution in [1.82, 2.24) is 14.8 Å². The third-order valence-corrected chi connectivity index (χ3v) is 10.6. The summed E-state index contributed by atoms with van der Waals surface area (Å²) in [7, 11) is 0. The third-order valence-electron chi connectivity index (χ3n) is 10.6. The van der Waals surface area contributed by atoms with Crippen LogP contribution >= 0.6 is 0 Å². The fourth-order valence-corrected chi connectivity index (χ4v) is 7.33. The molecule has 3 aromatic rings. The highest BCUT2D eigenvalue weighted by Crippen LogP contribution is 2.43. The number of benzene rings is 2. The van der Waals surface area contributed by atoms with Gasteiger partial charge < -0.3 is 26.0 Å². The van der Waals surface area contributed by atoms with Gasteiger partial charge in [-0.05, 0) is 105 Å². The summed E-state index contributed by atoms with van der Waals surface area (Å²) >= 11 is 0. The molecule has 1 atom stereocenters. The van der Waals surface area contributed by atoms with E-state index in [1.807, 2.05) is 54.0 Å². The molecule has 7 rings (SSSR count). The summed E-state index contributed by atoms with van der Waals surface area (Å²) in [6, 6.07) is 17.9. The van der Waals surface area contributed by atoms with Crippen LogP contribution in [0.25, 0.3) is 5.57 Å². The number of amidine groups is 1. The third kappa shape index (κ3) is 7.62. The van der Waals surface area contributed by atoms with Crippen LogP contribution in [-0.4, -0.2) is 95.9 Å². The van der Waals surface area contributed by atoms with E-state index in [1.54, 1.807) is 24.7 Å². The van der Waals surface area contributed by atoms with E-state index in [4.69, 9.17) is 21.6 Å². The molecule has 270 valence electrons. The maximum absolute atomic E-state index is 14.0. The van der Waals surface area contributed by atoms with Crippen molar-refractivity contribution in [2.24, 2.45) is 16.1 Å². The molecule has 0 bridgehead atoms. The molecule has 2 aromatic carbocycles. The van der Waals surface area contributed by atoms with E-state index in [0.29, 0.717) is 74.0 Å². The summed E-state index contributed by atoms with van der Waals surface area (Å²) in [5, 5.41) is 6.58. The van der Waals surface area contributed by atoms with Gasteiger partial charge in [0, 0.05) is 55.4 Å². The fraction of sp³-hybridized carbons (Fsp3) is 0.400. The van der Waals surface area contributed by atoms with Crippen molar-refractivity contribution in [3.63, 3.8) is 0 Å². The zero-order valence-electron chi connectivity index (χ0n) is 30.1. The van der Waals surface area contributed by atoms with Gasteiger partial charge in [-0.3, -0.25) is 24.9 Å². The Hall–Kier alpha value is -5.36. The number of carbonyl (C=O) groups excluding carboxylic acids is 2. The number of nitrogens with one attached hydrogen (secondary N) is 1. The van der Waals surface area contributed by atoms with Crippen LogP contribution < -0.4 is 31.5 Å². The molecule has 7 N–H and O–H groups in total. The number of aromatic nitrogens is 1. The largest absolute Gasteiger partial charge is 0.475 e. The van der Waals surface area contributed by atoms with Crippen LogP contribution in [0.5, 0.6) is 5.88 Å². The SMILES string of the molecule is CC(C)Oc1ccc(C(=[NH2+])c2cc(N3CC[C@]4(CCN(CC(=O)N5CC=C(c6ccc(C(N)=NC=[NH+]C7CC7)cc6)CC5)C4)C3=O)ccc2N)cn1. The van der Waals surface area contributed by atoms with Crippen LogP contribution in [0.15, 0.2) is 71.9 Å². The number of pyridine rings is 1. The summed E-state index contributed by atoms with van der Waals surface area (Å²) in [5.41, 5.74) is 18.4. The van der Waals surface area contributed by atoms with Crippen molar-refractivity contribution in [2.45, 2.75) is 58.1 Å². The van der Waals surface area contributed by atoms with Crippen molar-refractivity contribution in [3.8, 4) is 5.88 Å². The van der Waals surface area contributed by atoms with E-state index in [1.165, 1.54) is 18.4 Å². The first kappa shape index (κ1) is 35.1. The Labute approximate surface area is 304 Å². The normalized spacial score (nSPS) is 21.1. The fourth-order valence-electron chi connectivity index (χ4n) is 7.33. The lowest BCUT2D eigenvalue weighted by Gasteiger charge is -2.29. The number of aliphatic imine (C=N–C) groups is 1.